The van der Waals surface area contributed by atoms with Gasteiger partial charge in [0.1, 0.15) is 12.1 Å². The highest BCUT2D eigenvalue weighted by atomic mass is 16.2. The quantitative estimate of drug-likeness (QED) is 0.662. The highest BCUT2D eigenvalue weighted by molar-refractivity contribution is 5.98. The van der Waals surface area contributed by atoms with Crippen molar-refractivity contribution < 1.29 is 9.59 Å². The first-order chi connectivity index (χ1) is 11.1. The van der Waals surface area contributed by atoms with Crippen molar-refractivity contribution in [2.24, 2.45) is 5.73 Å². The average Bonchev–Trinajstić information content (AvgIpc) is 2.98. The molecule has 0 aliphatic carbocycles. The number of para-hydroxylation sites is 1. The summed E-state index contributed by atoms with van der Waals surface area (Å²) in [7, 11) is 0. The summed E-state index contributed by atoms with van der Waals surface area (Å²) in [5, 5.41) is 6.77. The lowest BCUT2D eigenvalue weighted by Gasteiger charge is -2.32. The largest absolute Gasteiger partial charge is 0.361 e. The van der Waals surface area contributed by atoms with E-state index < -0.39 is 12.1 Å². The molecule has 1 unspecified atom stereocenters. The van der Waals surface area contributed by atoms with Gasteiger partial charge >= 0.3 is 0 Å². The lowest BCUT2D eigenvalue weighted by atomic mass is 9.90. The van der Waals surface area contributed by atoms with Crippen LogP contribution in [0.4, 0.5) is 0 Å². The Hall–Kier alpha value is -2.34. The molecule has 2 amide bonds. The van der Waals surface area contributed by atoms with Gasteiger partial charge in [0.05, 0.1) is 0 Å². The number of aromatic amines is 1. The minimum absolute atomic E-state index is 0.120. The van der Waals surface area contributed by atoms with E-state index in [1.165, 1.54) is 0 Å². The Labute approximate surface area is 134 Å². The Morgan fingerprint density at radius 2 is 1.96 bits per heavy atom. The third kappa shape index (κ3) is 2.94. The van der Waals surface area contributed by atoms with Crippen molar-refractivity contribution in [2.75, 3.05) is 6.54 Å². The summed E-state index contributed by atoms with van der Waals surface area (Å²) in [5.74, 6) is -0.385. The summed E-state index contributed by atoms with van der Waals surface area (Å²) >= 11 is 0. The predicted octanol–water partition coefficient (Wildman–Crippen LogP) is 0.993. The minimum atomic E-state index is -0.559. The number of nitrogens with one attached hydrogen (secondary N) is 3. The lowest BCUT2D eigenvalue weighted by molar-refractivity contribution is -0.137. The lowest BCUT2D eigenvalue weighted by Crippen LogP contribution is -2.63. The highest BCUT2D eigenvalue weighted by Crippen LogP contribution is 2.28. The molecule has 3 rings (SSSR count). The number of hydrogen-bond donors (Lipinski definition) is 4. The van der Waals surface area contributed by atoms with Gasteiger partial charge in [-0.3, -0.25) is 9.59 Å². The predicted molar refractivity (Wildman–Crippen MR) is 88.9 cm³/mol. The Bertz CT molecular complexity index is 724. The maximum absolute atomic E-state index is 12.4. The number of fused-ring (bicyclic) bond motifs is 1. The van der Waals surface area contributed by atoms with E-state index in [9.17, 15) is 9.59 Å². The number of benzene rings is 1. The Morgan fingerprint density at radius 1 is 1.17 bits per heavy atom. The monoisotopic (exact) mass is 314 g/mol. The normalized spacial score (nSPS) is 22.7. The summed E-state index contributed by atoms with van der Waals surface area (Å²) in [6.07, 6.45) is 3.19. The van der Waals surface area contributed by atoms with Crippen LogP contribution in [0.5, 0.6) is 0 Å². The molecular formula is C17H22N4O2. The van der Waals surface area contributed by atoms with E-state index in [2.05, 4.69) is 15.6 Å². The number of carbonyl (C=O) groups is 2. The van der Waals surface area contributed by atoms with Gasteiger partial charge < -0.3 is 21.4 Å². The van der Waals surface area contributed by atoms with Crippen LogP contribution in [-0.2, 0) is 9.59 Å². The van der Waals surface area contributed by atoms with Gasteiger partial charge in [0.25, 0.3) is 0 Å². The molecule has 0 radical (unpaired) electrons. The van der Waals surface area contributed by atoms with Gasteiger partial charge in [0, 0.05) is 23.0 Å². The molecule has 0 spiro atoms. The first-order valence-electron chi connectivity index (χ1n) is 7.98. The summed E-state index contributed by atoms with van der Waals surface area (Å²) in [5.41, 5.74) is 7.53. The van der Waals surface area contributed by atoms with Crippen LogP contribution in [0.1, 0.15) is 31.2 Å². The standard InChI is InChI=1S/C17H22N4O2/c1-10(12-9-19-13-6-3-2-5-11(12)13)15-17(23)20-14(7-4-8-18)16(22)21-15/h2-3,5-6,9-10,14-15,19H,4,7-8,18H2,1H3,(H,20,23)(H,21,22)/t10?,14-,15+/m0/s1. The van der Waals surface area contributed by atoms with E-state index in [1.54, 1.807) is 0 Å². The minimum Gasteiger partial charge on any atom is -0.361 e. The Balaban J connectivity index is 1.79. The molecular weight excluding hydrogens is 292 g/mol. The van der Waals surface area contributed by atoms with Crippen LogP contribution in [0, 0.1) is 0 Å². The molecule has 1 saturated heterocycles. The van der Waals surface area contributed by atoms with Crippen molar-refractivity contribution in [2.45, 2.75) is 37.8 Å². The molecule has 122 valence electrons. The Morgan fingerprint density at radius 3 is 2.74 bits per heavy atom. The van der Waals surface area contributed by atoms with Crippen LogP contribution in [-0.4, -0.2) is 35.4 Å². The van der Waals surface area contributed by atoms with Crippen LogP contribution in [0.25, 0.3) is 10.9 Å². The molecule has 1 aromatic heterocycles. The molecule has 1 aliphatic rings. The van der Waals surface area contributed by atoms with Gasteiger partial charge in [-0.2, -0.15) is 0 Å². The zero-order valence-electron chi connectivity index (χ0n) is 13.1. The van der Waals surface area contributed by atoms with E-state index in [4.69, 9.17) is 5.73 Å². The number of piperazine rings is 1. The first-order valence-corrected chi connectivity index (χ1v) is 7.98. The van der Waals surface area contributed by atoms with Crippen LogP contribution < -0.4 is 16.4 Å². The number of rotatable bonds is 5. The maximum Gasteiger partial charge on any atom is 0.243 e. The van der Waals surface area contributed by atoms with Crippen LogP contribution in [0.3, 0.4) is 0 Å². The van der Waals surface area contributed by atoms with E-state index in [1.807, 2.05) is 37.4 Å². The molecule has 0 bridgehead atoms. The topological polar surface area (TPSA) is 100 Å². The van der Waals surface area contributed by atoms with Crippen LogP contribution >= 0.6 is 0 Å². The summed E-state index contributed by atoms with van der Waals surface area (Å²) in [4.78, 5) is 27.9. The fraction of sp³-hybridized carbons (Fsp3) is 0.412. The number of H-pyrrole nitrogens is 1. The Kier molecular flexibility index (Phi) is 4.34. The van der Waals surface area contributed by atoms with Crippen LogP contribution in [0.2, 0.25) is 0 Å². The van der Waals surface area contributed by atoms with Crippen LogP contribution in [0.15, 0.2) is 30.5 Å². The van der Waals surface area contributed by atoms with Gasteiger partial charge in [-0.15, -0.1) is 0 Å². The van der Waals surface area contributed by atoms with Gasteiger partial charge in [-0.1, -0.05) is 25.1 Å². The van der Waals surface area contributed by atoms with E-state index in [0.717, 1.165) is 16.5 Å². The number of aromatic nitrogens is 1. The molecule has 3 atom stereocenters. The average molecular weight is 314 g/mol. The fourth-order valence-corrected chi connectivity index (χ4v) is 3.17. The van der Waals surface area contributed by atoms with Crippen molar-refractivity contribution >= 4 is 22.7 Å². The zero-order valence-corrected chi connectivity index (χ0v) is 13.1. The maximum atomic E-state index is 12.4. The molecule has 2 heterocycles. The fourth-order valence-electron chi connectivity index (χ4n) is 3.17. The van der Waals surface area contributed by atoms with Crippen molar-refractivity contribution in [3.63, 3.8) is 0 Å². The summed E-state index contributed by atoms with van der Waals surface area (Å²) in [6.45, 7) is 2.47. The second-order valence-electron chi connectivity index (χ2n) is 6.06. The number of hydrogen-bond acceptors (Lipinski definition) is 3. The van der Waals surface area contributed by atoms with E-state index in [0.29, 0.717) is 19.4 Å². The summed E-state index contributed by atoms with van der Waals surface area (Å²) in [6, 6.07) is 6.91. The molecule has 23 heavy (non-hydrogen) atoms. The molecule has 5 N–H and O–H groups in total. The molecule has 1 aliphatic heterocycles. The first kappa shape index (κ1) is 15.6. The molecule has 6 heteroatoms. The number of nitrogens with two attached hydrogens (primary N) is 1. The zero-order chi connectivity index (χ0) is 16.4. The highest BCUT2D eigenvalue weighted by Gasteiger charge is 2.37. The second kappa shape index (κ2) is 6.42. The van der Waals surface area contributed by atoms with Gasteiger partial charge in [0.2, 0.25) is 11.8 Å². The van der Waals surface area contributed by atoms with Crippen molar-refractivity contribution in [3.05, 3.63) is 36.0 Å². The molecule has 0 saturated carbocycles. The van der Waals surface area contributed by atoms with Crippen molar-refractivity contribution in [1.29, 1.82) is 0 Å². The van der Waals surface area contributed by atoms with Crippen molar-refractivity contribution in [3.8, 4) is 0 Å². The molecule has 6 nitrogen and oxygen atoms in total. The van der Waals surface area contributed by atoms with Crippen molar-refractivity contribution in [1.82, 2.24) is 15.6 Å². The SMILES string of the molecule is CC(c1c[nH]c2ccccc12)[C@H]1NC(=O)[C@H](CCCN)NC1=O. The number of carbonyl (C=O) groups excluding carboxylic acids is 2. The van der Waals surface area contributed by atoms with Gasteiger partial charge in [-0.25, -0.2) is 0 Å². The van der Waals surface area contributed by atoms with E-state index >= 15 is 0 Å². The number of amides is 2. The third-order valence-electron chi connectivity index (χ3n) is 4.52. The van der Waals surface area contributed by atoms with E-state index in [-0.39, 0.29) is 17.7 Å². The smallest absolute Gasteiger partial charge is 0.243 e. The molecule has 1 fully saturated rings. The third-order valence-corrected chi connectivity index (χ3v) is 4.52. The second-order valence-corrected chi connectivity index (χ2v) is 6.06. The molecule has 1 aromatic carbocycles. The molecule has 2 aromatic rings. The summed E-state index contributed by atoms with van der Waals surface area (Å²) < 4.78 is 0. The van der Waals surface area contributed by atoms with Gasteiger partial charge in [-0.05, 0) is 31.0 Å². The van der Waals surface area contributed by atoms with Gasteiger partial charge in [0.15, 0.2) is 0 Å².